The Bertz CT molecular complexity index is 1490. The summed E-state index contributed by atoms with van der Waals surface area (Å²) < 4.78 is 34.6. The van der Waals surface area contributed by atoms with Crippen LogP contribution in [0.3, 0.4) is 0 Å². The van der Waals surface area contributed by atoms with E-state index in [0.29, 0.717) is 36.1 Å². The van der Waals surface area contributed by atoms with Gasteiger partial charge in [0, 0.05) is 25.2 Å². The van der Waals surface area contributed by atoms with Crippen LogP contribution in [-0.4, -0.2) is 64.5 Å². The Balaban J connectivity index is 0.00000420. The zero-order valence-electron chi connectivity index (χ0n) is 22.4. The van der Waals surface area contributed by atoms with Crippen LogP contribution in [0.25, 0.3) is 10.2 Å². The van der Waals surface area contributed by atoms with E-state index in [1.165, 1.54) is 27.8 Å². The van der Waals surface area contributed by atoms with E-state index in [-0.39, 0.29) is 29.8 Å². The summed E-state index contributed by atoms with van der Waals surface area (Å²) in [5, 5.41) is 0.582. The smallest absolute Gasteiger partial charge is 0.264 e. The number of carbonyl (C=O) groups excluding carboxylic acids is 1. The second kappa shape index (κ2) is 13.3. The fourth-order valence-corrected chi connectivity index (χ4v) is 6.48. The Kier molecular flexibility index (Phi) is 10.3. The first-order valence-electron chi connectivity index (χ1n) is 12.4. The van der Waals surface area contributed by atoms with E-state index in [9.17, 15) is 13.2 Å². The van der Waals surface area contributed by atoms with Crippen LogP contribution in [0.2, 0.25) is 0 Å². The summed E-state index contributed by atoms with van der Waals surface area (Å²) in [5.41, 5.74) is 1.77. The fourth-order valence-electron chi connectivity index (χ4n) is 3.99. The van der Waals surface area contributed by atoms with Crippen LogP contribution in [0.1, 0.15) is 24.2 Å². The zero-order chi connectivity index (χ0) is 27.3. The Labute approximate surface area is 240 Å². The van der Waals surface area contributed by atoms with Crippen LogP contribution in [0, 0.1) is 0 Å². The Morgan fingerprint density at radius 3 is 2.26 bits per heavy atom. The van der Waals surface area contributed by atoms with Crippen molar-refractivity contribution in [2.75, 3.05) is 49.5 Å². The molecule has 11 heteroatoms. The molecule has 0 aliphatic carbocycles. The number of nitrogens with zero attached hydrogens (tertiary/aromatic N) is 4. The standard InChI is InChI=1S/C28H32N4O4S2.ClH/c1-5-32(22-10-8-7-9-11-22)38(34,35)24-15-12-21(13-16-24)27(33)31(19-18-30(3)4)28-29-25-17-14-23(36-6-2)20-26(25)37-28;/h7-17,20H,5-6,18-19H2,1-4H3;1H. The van der Waals surface area contributed by atoms with Gasteiger partial charge in [0.25, 0.3) is 15.9 Å². The minimum atomic E-state index is -3.79. The molecular weight excluding hydrogens is 556 g/mol. The molecule has 0 radical (unpaired) electrons. The highest BCUT2D eigenvalue weighted by Crippen LogP contribution is 2.32. The third-order valence-corrected chi connectivity index (χ3v) is 8.89. The Morgan fingerprint density at radius 1 is 0.949 bits per heavy atom. The molecule has 0 spiro atoms. The van der Waals surface area contributed by atoms with E-state index in [1.807, 2.05) is 50.2 Å². The van der Waals surface area contributed by atoms with Crippen LogP contribution in [-0.2, 0) is 10.0 Å². The lowest BCUT2D eigenvalue weighted by Crippen LogP contribution is -2.36. The Morgan fingerprint density at radius 2 is 1.64 bits per heavy atom. The summed E-state index contributed by atoms with van der Waals surface area (Å²) in [4.78, 5) is 22.2. The summed E-state index contributed by atoms with van der Waals surface area (Å²) in [6.45, 7) is 5.65. The minimum Gasteiger partial charge on any atom is -0.494 e. The fraction of sp³-hybridized carbons (Fsp3) is 0.286. The second-order valence-corrected chi connectivity index (χ2v) is 11.7. The third kappa shape index (κ3) is 6.88. The van der Waals surface area contributed by atoms with Crippen molar-refractivity contribution in [1.29, 1.82) is 0 Å². The van der Waals surface area contributed by atoms with Gasteiger partial charge in [-0.25, -0.2) is 13.4 Å². The van der Waals surface area contributed by atoms with Crippen molar-refractivity contribution in [3.05, 3.63) is 78.4 Å². The molecule has 1 amide bonds. The number of ether oxygens (including phenoxy) is 1. The van der Waals surface area contributed by atoms with Crippen molar-refractivity contribution in [3.63, 3.8) is 0 Å². The molecule has 1 aromatic heterocycles. The predicted octanol–water partition coefficient (Wildman–Crippen LogP) is 5.54. The van der Waals surface area contributed by atoms with Gasteiger partial charge in [-0.05, 0) is 82.5 Å². The lowest BCUT2D eigenvalue weighted by Gasteiger charge is -2.24. The highest BCUT2D eigenvalue weighted by Gasteiger charge is 2.26. The number of hydrogen-bond donors (Lipinski definition) is 0. The van der Waals surface area contributed by atoms with Gasteiger partial charge in [0.05, 0.1) is 27.4 Å². The van der Waals surface area contributed by atoms with Crippen LogP contribution >= 0.6 is 23.7 Å². The predicted molar refractivity (Wildman–Crippen MR) is 161 cm³/mol. The summed E-state index contributed by atoms with van der Waals surface area (Å²) in [6, 6.07) is 20.8. The third-order valence-electron chi connectivity index (χ3n) is 5.93. The number of benzene rings is 3. The monoisotopic (exact) mass is 588 g/mol. The van der Waals surface area contributed by atoms with Gasteiger partial charge >= 0.3 is 0 Å². The maximum absolute atomic E-state index is 13.7. The van der Waals surface area contributed by atoms with Crippen LogP contribution in [0.5, 0.6) is 5.75 Å². The van der Waals surface area contributed by atoms with Gasteiger partial charge in [-0.15, -0.1) is 12.4 Å². The van der Waals surface area contributed by atoms with Crippen molar-refractivity contribution in [1.82, 2.24) is 9.88 Å². The molecule has 0 unspecified atom stereocenters. The number of sulfonamides is 1. The molecule has 208 valence electrons. The van der Waals surface area contributed by atoms with E-state index in [0.717, 1.165) is 16.0 Å². The SMILES string of the molecule is CCOc1ccc2nc(N(CCN(C)C)C(=O)c3ccc(S(=O)(=O)N(CC)c4ccccc4)cc3)sc2c1.Cl. The quantitative estimate of drug-likeness (QED) is 0.229. The van der Waals surface area contributed by atoms with E-state index in [2.05, 4.69) is 0 Å². The molecule has 1 heterocycles. The number of carbonyl (C=O) groups is 1. The number of thiazole rings is 1. The van der Waals surface area contributed by atoms with E-state index in [1.54, 1.807) is 48.2 Å². The number of amides is 1. The van der Waals surface area contributed by atoms with Gasteiger partial charge in [-0.2, -0.15) is 0 Å². The maximum Gasteiger partial charge on any atom is 0.264 e. The number of likely N-dealkylation sites (N-methyl/N-ethyl adjacent to an activating group) is 1. The number of rotatable bonds is 11. The highest BCUT2D eigenvalue weighted by atomic mass is 35.5. The van der Waals surface area contributed by atoms with Crippen molar-refractivity contribution < 1.29 is 17.9 Å². The molecule has 4 aromatic rings. The lowest BCUT2D eigenvalue weighted by molar-refractivity contribution is 0.0985. The molecule has 0 saturated heterocycles. The van der Waals surface area contributed by atoms with E-state index >= 15 is 0 Å². The normalized spacial score (nSPS) is 11.3. The molecular formula is C28H33ClN4O4S2. The maximum atomic E-state index is 13.7. The molecule has 0 atom stereocenters. The lowest BCUT2D eigenvalue weighted by atomic mass is 10.2. The average molecular weight is 589 g/mol. The molecule has 0 aliphatic rings. The zero-order valence-corrected chi connectivity index (χ0v) is 24.9. The van der Waals surface area contributed by atoms with Crippen molar-refractivity contribution in [2.24, 2.45) is 0 Å². The average Bonchev–Trinajstić information content (AvgIpc) is 3.33. The van der Waals surface area contributed by atoms with Gasteiger partial charge in [0.2, 0.25) is 0 Å². The summed E-state index contributed by atoms with van der Waals surface area (Å²) in [5.74, 6) is 0.519. The number of fused-ring (bicyclic) bond motifs is 1. The van der Waals surface area contributed by atoms with Gasteiger partial charge < -0.3 is 9.64 Å². The molecule has 0 fully saturated rings. The molecule has 4 rings (SSSR count). The van der Waals surface area contributed by atoms with Crippen molar-refractivity contribution in [2.45, 2.75) is 18.7 Å². The summed E-state index contributed by atoms with van der Waals surface area (Å²) >= 11 is 1.42. The van der Waals surface area contributed by atoms with E-state index in [4.69, 9.17) is 9.72 Å². The first kappa shape index (κ1) is 30.4. The highest BCUT2D eigenvalue weighted by molar-refractivity contribution is 7.92. The van der Waals surface area contributed by atoms with Crippen LogP contribution in [0.4, 0.5) is 10.8 Å². The summed E-state index contributed by atoms with van der Waals surface area (Å²) in [6.07, 6.45) is 0. The van der Waals surface area contributed by atoms with Gasteiger partial charge in [0.1, 0.15) is 5.75 Å². The minimum absolute atomic E-state index is 0. The molecule has 8 nitrogen and oxygen atoms in total. The first-order chi connectivity index (χ1) is 18.2. The van der Waals surface area contributed by atoms with Gasteiger partial charge in [0.15, 0.2) is 5.13 Å². The number of anilines is 2. The number of para-hydroxylation sites is 1. The topological polar surface area (TPSA) is 83.0 Å². The van der Waals surface area contributed by atoms with E-state index < -0.39 is 10.0 Å². The second-order valence-electron chi connectivity index (χ2n) is 8.85. The molecule has 0 aliphatic heterocycles. The first-order valence-corrected chi connectivity index (χ1v) is 14.7. The molecule has 0 saturated carbocycles. The molecule has 0 bridgehead atoms. The number of halogens is 1. The largest absolute Gasteiger partial charge is 0.494 e. The van der Waals surface area contributed by atoms with Crippen LogP contribution < -0.4 is 13.9 Å². The number of aromatic nitrogens is 1. The summed E-state index contributed by atoms with van der Waals surface area (Å²) in [7, 11) is 0.104. The number of hydrogen-bond acceptors (Lipinski definition) is 7. The molecule has 3 aromatic carbocycles. The van der Waals surface area contributed by atoms with Crippen molar-refractivity contribution in [3.8, 4) is 5.75 Å². The van der Waals surface area contributed by atoms with Gasteiger partial charge in [-0.3, -0.25) is 14.0 Å². The molecule has 39 heavy (non-hydrogen) atoms. The molecule has 0 N–H and O–H groups in total. The van der Waals surface area contributed by atoms with Crippen molar-refractivity contribution >= 4 is 60.7 Å². The van der Waals surface area contributed by atoms with Gasteiger partial charge in [-0.1, -0.05) is 29.5 Å². The van der Waals surface area contributed by atoms with Crippen LogP contribution in [0.15, 0.2) is 77.7 Å². The Hall–Kier alpha value is -3.18.